The molecular weight excluding hydrogens is 388 g/mol. The molecule has 4 aromatic rings. The summed E-state index contributed by atoms with van der Waals surface area (Å²) in [7, 11) is 0. The fraction of sp³-hybridized carbons (Fsp3) is 0.250. The number of pyridine rings is 2. The number of likely N-dealkylation sites (tertiary alicyclic amines) is 1. The zero-order valence-corrected chi connectivity index (χ0v) is 17.2. The quantitative estimate of drug-likeness (QED) is 0.502. The van der Waals surface area contributed by atoms with E-state index < -0.39 is 0 Å². The van der Waals surface area contributed by atoms with Crippen LogP contribution in [0.1, 0.15) is 35.8 Å². The summed E-state index contributed by atoms with van der Waals surface area (Å²) in [6, 6.07) is 19.9. The highest BCUT2D eigenvalue weighted by Gasteiger charge is 2.31. The summed E-state index contributed by atoms with van der Waals surface area (Å²) in [5.41, 5.74) is 3.62. The standard InChI is InChI=1S/C24H24N6O/c31-22(15-18-9-4-5-13-25-18)30-14-6-10-21(30)20-12-11-19-23(28-29-24(19)27-20)26-16-17-7-2-1-3-8-17/h1-5,7-9,11-13,21H,6,10,14-16H2,(H2,26,27,28,29)/t21-/m1/s1. The summed E-state index contributed by atoms with van der Waals surface area (Å²) in [5, 5.41) is 11.8. The molecule has 156 valence electrons. The van der Waals surface area contributed by atoms with Crippen LogP contribution in [0.4, 0.5) is 5.82 Å². The number of benzene rings is 1. The number of carbonyl (C=O) groups is 1. The monoisotopic (exact) mass is 412 g/mol. The maximum Gasteiger partial charge on any atom is 0.229 e. The van der Waals surface area contributed by atoms with E-state index in [-0.39, 0.29) is 11.9 Å². The number of hydrogen-bond donors (Lipinski definition) is 2. The van der Waals surface area contributed by atoms with Crippen molar-refractivity contribution in [1.82, 2.24) is 25.1 Å². The molecular formula is C24H24N6O. The molecule has 1 saturated heterocycles. The van der Waals surface area contributed by atoms with E-state index in [9.17, 15) is 4.79 Å². The fourth-order valence-electron chi connectivity index (χ4n) is 4.15. The highest BCUT2D eigenvalue weighted by molar-refractivity contribution is 5.87. The van der Waals surface area contributed by atoms with Gasteiger partial charge < -0.3 is 10.2 Å². The Hall–Kier alpha value is -3.74. The number of H-pyrrole nitrogens is 1. The Kier molecular flexibility index (Phi) is 5.31. The Morgan fingerprint density at radius 3 is 2.81 bits per heavy atom. The van der Waals surface area contributed by atoms with E-state index >= 15 is 0 Å². The normalized spacial score (nSPS) is 16.0. The van der Waals surface area contributed by atoms with Crippen LogP contribution < -0.4 is 5.32 Å². The Balaban J connectivity index is 1.32. The molecule has 0 radical (unpaired) electrons. The number of carbonyl (C=O) groups excluding carboxylic acids is 1. The van der Waals surface area contributed by atoms with Gasteiger partial charge in [0.05, 0.1) is 23.5 Å². The molecule has 1 aliphatic heterocycles. The first kappa shape index (κ1) is 19.2. The van der Waals surface area contributed by atoms with Gasteiger partial charge in [-0.2, -0.15) is 5.10 Å². The van der Waals surface area contributed by atoms with Crippen LogP contribution in [-0.4, -0.2) is 37.5 Å². The molecule has 5 rings (SSSR count). The lowest BCUT2D eigenvalue weighted by molar-refractivity contribution is -0.131. The Morgan fingerprint density at radius 1 is 1.10 bits per heavy atom. The minimum atomic E-state index is -0.00959. The van der Waals surface area contributed by atoms with Crippen LogP contribution in [0.5, 0.6) is 0 Å². The molecule has 0 bridgehead atoms. The molecule has 2 N–H and O–H groups in total. The van der Waals surface area contributed by atoms with Crippen LogP contribution in [0.2, 0.25) is 0 Å². The van der Waals surface area contributed by atoms with Crippen LogP contribution in [0.25, 0.3) is 11.0 Å². The number of nitrogens with one attached hydrogen (secondary N) is 2. The average molecular weight is 412 g/mol. The molecule has 3 aromatic heterocycles. The summed E-state index contributed by atoms with van der Waals surface area (Å²) in [6.07, 6.45) is 3.93. The summed E-state index contributed by atoms with van der Waals surface area (Å²) < 4.78 is 0. The molecule has 1 amide bonds. The van der Waals surface area contributed by atoms with Gasteiger partial charge in [0.2, 0.25) is 5.91 Å². The van der Waals surface area contributed by atoms with Crippen molar-refractivity contribution >= 4 is 22.8 Å². The minimum Gasteiger partial charge on any atom is -0.364 e. The van der Waals surface area contributed by atoms with Gasteiger partial charge in [-0.15, -0.1) is 0 Å². The van der Waals surface area contributed by atoms with Gasteiger partial charge >= 0.3 is 0 Å². The molecule has 1 aromatic carbocycles. The van der Waals surface area contributed by atoms with Crippen LogP contribution in [0, 0.1) is 0 Å². The topological polar surface area (TPSA) is 86.8 Å². The lowest BCUT2D eigenvalue weighted by Gasteiger charge is -2.24. The third-order valence-electron chi connectivity index (χ3n) is 5.72. The Morgan fingerprint density at radius 2 is 1.97 bits per heavy atom. The van der Waals surface area contributed by atoms with Gasteiger partial charge in [0, 0.05) is 25.0 Å². The van der Waals surface area contributed by atoms with Crippen LogP contribution >= 0.6 is 0 Å². The average Bonchev–Trinajstić information content (AvgIpc) is 3.46. The molecule has 0 saturated carbocycles. The Bertz CT molecular complexity index is 1170. The van der Waals surface area contributed by atoms with E-state index in [0.29, 0.717) is 13.0 Å². The molecule has 0 spiro atoms. The van der Waals surface area contributed by atoms with Crippen molar-refractivity contribution in [2.45, 2.75) is 31.8 Å². The number of anilines is 1. The molecule has 4 heterocycles. The van der Waals surface area contributed by atoms with Gasteiger partial charge in [0.25, 0.3) is 0 Å². The number of fused-ring (bicyclic) bond motifs is 1. The van der Waals surface area contributed by atoms with Crippen molar-refractivity contribution in [2.75, 3.05) is 11.9 Å². The van der Waals surface area contributed by atoms with E-state index in [0.717, 1.165) is 47.6 Å². The van der Waals surface area contributed by atoms with E-state index in [1.807, 2.05) is 53.4 Å². The van der Waals surface area contributed by atoms with Gasteiger partial charge in [-0.25, -0.2) is 4.98 Å². The van der Waals surface area contributed by atoms with Gasteiger partial charge in [0.1, 0.15) is 0 Å². The van der Waals surface area contributed by atoms with E-state index in [2.05, 4.69) is 32.6 Å². The predicted molar refractivity (Wildman–Crippen MR) is 119 cm³/mol. The number of amides is 1. The van der Waals surface area contributed by atoms with Crippen molar-refractivity contribution in [3.05, 3.63) is 83.8 Å². The molecule has 0 aliphatic carbocycles. The van der Waals surface area contributed by atoms with E-state index in [1.165, 1.54) is 5.56 Å². The van der Waals surface area contributed by atoms with Gasteiger partial charge in [-0.3, -0.25) is 14.9 Å². The second-order valence-electron chi connectivity index (χ2n) is 7.79. The maximum atomic E-state index is 12.9. The number of aromatic nitrogens is 4. The van der Waals surface area contributed by atoms with Crippen LogP contribution in [0.15, 0.2) is 66.9 Å². The van der Waals surface area contributed by atoms with Gasteiger partial charge in [-0.1, -0.05) is 36.4 Å². The van der Waals surface area contributed by atoms with Gasteiger partial charge in [-0.05, 0) is 42.7 Å². The summed E-state index contributed by atoms with van der Waals surface area (Å²) in [6.45, 7) is 1.45. The fourth-order valence-corrected chi connectivity index (χ4v) is 4.15. The van der Waals surface area contributed by atoms with Crippen molar-refractivity contribution in [2.24, 2.45) is 0 Å². The summed E-state index contributed by atoms with van der Waals surface area (Å²) >= 11 is 0. The zero-order valence-electron chi connectivity index (χ0n) is 17.2. The molecule has 7 heteroatoms. The first-order valence-corrected chi connectivity index (χ1v) is 10.6. The number of nitrogens with zero attached hydrogens (tertiary/aromatic N) is 4. The van der Waals surface area contributed by atoms with Crippen LogP contribution in [-0.2, 0) is 17.8 Å². The minimum absolute atomic E-state index is 0.00959. The van der Waals surface area contributed by atoms with Crippen molar-refractivity contribution in [1.29, 1.82) is 0 Å². The first-order valence-electron chi connectivity index (χ1n) is 10.6. The Labute approximate surface area is 180 Å². The SMILES string of the molecule is O=C(Cc1ccccn1)N1CCC[C@@H]1c1ccc2c(NCc3ccccc3)n[nH]c2n1. The molecule has 1 atom stereocenters. The number of rotatable bonds is 6. The molecule has 0 unspecified atom stereocenters. The molecule has 1 fully saturated rings. The summed E-state index contributed by atoms with van der Waals surface area (Å²) in [4.78, 5) is 23.9. The predicted octanol–water partition coefficient (Wildman–Crippen LogP) is 3.87. The number of hydrogen-bond acceptors (Lipinski definition) is 5. The summed E-state index contributed by atoms with van der Waals surface area (Å²) in [5.74, 6) is 0.880. The number of aromatic amines is 1. The second kappa shape index (κ2) is 8.55. The van der Waals surface area contributed by atoms with Crippen LogP contribution in [0.3, 0.4) is 0 Å². The smallest absolute Gasteiger partial charge is 0.229 e. The third-order valence-corrected chi connectivity index (χ3v) is 5.72. The van der Waals surface area contributed by atoms with Gasteiger partial charge in [0.15, 0.2) is 11.5 Å². The molecule has 7 nitrogen and oxygen atoms in total. The highest BCUT2D eigenvalue weighted by atomic mass is 16.2. The third kappa shape index (κ3) is 4.12. The maximum absolute atomic E-state index is 12.9. The van der Waals surface area contributed by atoms with Crippen molar-refractivity contribution in [3.63, 3.8) is 0 Å². The first-order chi connectivity index (χ1) is 15.3. The largest absolute Gasteiger partial charge is 0.364 e. The highest BCUT2D eigenvalue weighted by Crippen LogP contribution is 2.32. The van der Waals surface area contributed by atoms with E-state index in [4.69, 9.17) is 4.98 Å². The zero-order chi connectivity index (χ0) is 21.0. The van der Waals surface area contributed by atoms with Crippen molar-refractivity contribution in [3.8, 4) is 0 Å². The molecule has 1 aliphatic rings. The second-order valence-corrected chi connectivity index (χ2v) is 7.79. The molecule has 31 heavy (non-hydrogen) atoms. The van der Waals surface area contributed by atoms with Crippen molar-refractivity contribution < 1.29 is 4.79 Å². The lowest BCUT2D eigenvalue weighted by Crippen LogP contribution is -2.32. The lowest BCUT2D eigenvalue weighted by atomic mass is 10.1. The van der Waals surface area contributed by atoms with E-state index in [1.54, 1.807) is 6.20 Å².